The first kappa shape index (κ1) is 12.6. The number of fused-ring (bicyclic) bond motifs is 1. The average molecular weight is 270 g/mol. The number of carbonyl (C=O) groups excluding carboxylic acids is 1. The van der Waals surface area contributed by atoms with Crippen molar-refractivity contribution in [1.29, 1.82) is 0 Å². The monoisotopic (exact) mass is 270 g/mol. The molecule has 20 heavy (non-hydrogen) atoms. The van der Waals surface area contributed by atoms with Gasteiger partial charge in [0.15, 0.2) is 5.76 Å². The number of ketones is 1. The molecule has 2 aromatic carbocycles. The molecule has 100 valence electrons. The van der Waals surface area contributed by atoms with Crippen LogP contribution >= 0.6 is 0 Å². The summed E-state index contributed by atoms with van der Waals surface area (Å²) in [7, 11) is 0. The van der Waals surface area contributed by atoms with E-state index in [-0.39, 0.29) is 5.76 Å². The van der Waals surface area contributed by atoms with Crippen molar-refractivity contribution in [2.45, 2.75) is 6.10 Å². The first-order valence-corrected chi connectivity index (χ1v) is 6.11. The Labute approximate surface area is 114 Å². The van der Waals surface area contributed by atoms with Gasteiger partial charge < -0.3 is 9.52 Å². The highest BCUT2D eigenvalue weighted by Gasteiger charge is 2.22. The molecule has 0 aliphatic rings. The number of Topliss-reactive ketones (excluding diaryl/α,β-unsaturated/α-hetero) is 1. The van der Waals surface area contributed by atoms with Crippen LogP contribution in [0.3, 0.4) is 0 Å². The lowest BCUT2D eigenvalue weighted by Gasteiger charge is -2.07. The van der Waals surface area contributed by atoms with Crippen LogP contribution < -0.4 is 0 Å². The smallest absolute Gasteiger partial charge is 0.230 e. The van der Waals surface area contributed by atoms with Gasteiger partial charge >= 0.3 is 0 Å². The molecule has 0 aliphatic heterocycles. The van der Waals surface area contributed by atoms with Crippen LogP contribution in [0.5, 0.6) is 0 Å². The molecule has 0 amide bonds. The van der Waals surface area contributed by atoms with Crippen molar-refractivity contribution < 1.29 is 18.7 Å². The van der Waals surface area contributed by atoms with Crippen LogP contribution in [0, 0.1) is 5.82 Å². The summed E-state index contributed by atoms with van der Waals surface area (Å²) >= 11 is 0. The summed E-state index contributed by atoms with van der Waals surface area (Å²) in [5, 5.41) is 10.5. The third-order valence-electron chi connectivity index (χ3n) is 3.08. The number of aliphatic hydroxyl groups is 1. The first-order chi connectivity index (χ1) is 9.65. The lowest BCUT2D eigenvalue weighted by molar-refractivity contribution is 0.0720. The van der Waals surface area contributed by atoms with Crippen molar-refractivity contribution in [1.82, 2.24) is 0 Å². The minimum atomic E-state index is -1.29. The van der Waals surface area contributed by atoms with E-state index in [1.165, 1.54) is 24.3 Å². The molecule has 3 aromatic rings. The van der Waals surface area contributed by atoms with Crippen molar-refractivity contribution in [3.05, 3.63) is 71.7 Å². The van der Waals surface area contributed by atoms with Crippen LogP contribution in [-0.2, 0) is 0 Å². The van der Waals surface area contributed by atoms with E-state index in [0.29, 0.717) is 16.5 Å². The zero-order valence-electron chi connectivity index (χ0n) is 10.4. The van der Waals surface area contributed by atoms with Gasteiger partial charge in [0.05, 0.1) is 0 Å². The lowest BCUT2D eigenvalue weighted by atomic mass is 10.0. The van der Waals surface area contributed by atoms with Crippen molar-refractivity contribution >= 4 is 16.8 Å². The van der Waals surface area contributed by atoms with Crippen molar-refractivity contribution in [3.8, 4) is 0 Å². The van der Waals surface area contributed by atoms with Gasteiger partial charge in [-0.3, -0.25) is 4.79 Å². The summed E-state index contributed by atoms with van der Waals surface area (Å²) < 4.78 is 18.4. The molecule has 0 saturated heterocycles. The zero-order valence-corrected chi connectivity index (χ0v) is 10.4. The molecule has 1 N–H and O–H groups in total. The summed E-state index contributed by atoms with van der Waals surface area (Å²) in [5.41, 5.74) is 0.902. The summed E-state index contributed by atoms with van der Waals surface area (Å²) in [6.45, 7) is 0. The van der Waals surface area contributed by atoms with E-state index in [2.05, 4.69) is 0 Å². The number of furan rings is 1. The van der Waals surface area contributed by atoms with Gasteiger partial charge in [-0.2, -0.15) is 0 Å². The van der Waals surface area contributed by atoms with E-state index in [1.807, 2.05) is 0 Å². The predicted octanol–water partition coefficient (Wildman–Crippen LogP) is 3.49. The van der Waals surface area contributed by atoms with Gasteiger partial charge in [-0.1, -0.05) is 30.3 Å². The third kappa shape index (κ3) is 2.21. The minimum Gasteiger partial charge on any atom is -0.453 e. The van der Waals surface area contributed by atoms with Gasteiger partial charge in [-0.25, -0.2) is 4.39 Å². The minimum absolute atomic E-state index is 0.0157. The molecule has 0 radical (unpaired) electrons. The highest BCUT2D eigenvalue weighted by atomic mass is 19.1. The number of benzene rings is 2. The Hall–Kier alpha value is -2.46. The Morgan fingerprint density at radius 1 is 1.10 bits per heavy atom. The second-order valence-electron chi connectivity index (χ2n) is 4.47. The van der Waals surface area contributed by atoms with E-state index in [4.69, 9.17) is 4.42 Å². The van der Waals surface area contributed by atoms with E-state index >= 15 is 0 Å². The molecule has 0 saturated carbocycles. The Kier molecular flexibility index (Phi) is 3.08. The molecule has 0 spiro atoms. The van der Waals surface area contributed by atoms with Gasteiger partial charge in [0.2, 0.25) is 5.78 Å². The maximum atomic E-state index is 13.1. The molecular weight excluding hydrogens is 259 g/mol. The Balaban J connectivity index is 1.96. The Morgan fingerprint density at radius 2 is 1.85 bits per heavy atom. The van der Waals surface area contributed by atoms with Crippen molar-refractivity contribution in [2.24, 2.45) is 0 Å². The zero-order chi connectivity index (χ0) is 14.1. The summed E-state index contributed by atoms with van der Waals surface area (Å²) in [6, 6.07) is 14.0. The van der Waals surface area contributed by atoms with Gasteiger partial charge in [-0.15, -0.1) is 0 Å². The number of carbonyl (C=O) groups is 1. The van der Waals surface area contributed by atoms with Crippen molar-refractivity contribution in [3.63, 3.8) is 0 Å². The molecule has 1 unspecified atom stereocenters. The van der Waals surface area contributed by atoms with Crippen molar-refractivity contribution in [2.75, 3.05) is 0 Å². The average Bonchev–Trinajstić information content (AvgIpc) is 2.89. The van der Waals surface area contributed by atoms with Gasteiger partial charge in [0.1, 0.15) is 17.5 Å². The second-order valence-corrected chi connectivity index (χ2v) is 4.47. The van der Waals surface area contributed by atoms with Crippen LogP contribution in [0.2, 0.25) is 0 Å². The first-order valence-electron chi connectivity index (χ1n) is 6.11. The predicted molar refractivity (Wildman–Crippen MR) is 71.9 cm³/mol. The van der Waals surface area contributed by atoms with Gasteiger partial charge in [0, 0.05) is 5.39 Å². The maximum absolute atomic E-state index is 13.1. The molecule has 3 nitrogen and oxygen atoms in total. The molecule has 0 fully saturated rings. The molecule has 4 heteroatoms. The number of aliphatic hydroxyl groups excluding tert-OH is 1. The quantitative estimate of drug-likeness (QED) is 0.741. The third-order valence-corrected chi connectivity index (χ3v) is 3.08. The molecule has 1 atom stereocenters. The molecule has 0 bridgehead atoms. The molecule has 0 aliphatic carbocycles. The number of hydrogen-bond acceptors (Lipinski definition) is 3. The second kappa shape index (κ2) is 4.90. The normalized spacial score (nSPS) is 12.5. The topological polar surface area (TPSA) is 50.4 Å². The Morgan fingerprint density at radius 3 is 2.60 bits per heavy atom. The number of hydrogen-bond donors (Lipinski definition) is 1. The fourth-order valence-electron chi connectivity index (χ4n) is 2.06. The van der Waals surface area contributed by atoms with E-state index in [9.17, 15) is 14.3 Å². The highest BCUT2D eigenvalue weighted by molar-refractivity contribution is 6.00. The fraction of sp³-hybridized carbons (Fsp3) is 0.0625. The van der Waals surface area contributed by atoms with E-state index < -0.39 is 17.7 Å². The van der Waals surface area contributed by atoms with E-state index in [1.54, 1.807) is 30.3 Å². The number of halogens is 1. The summed E-state index contributed by atoms with van der Waals surface area (Å²) in [4.78, 5) is 12.2. The fourth-order valence-corrected chi connectivity index (χ4v) is 2.06. The van der Waals surface area contributed by atoms with Crippen LogP contribution in [0.4, 0.5) is 4.39 Å². The van der Waals surface area contributed by atoms with Crippen LogP contribution in [0.25, 0.3) is 11.0 Å². The molecular formula is C16H11FO3. The van der Waals surface area contributed by atoms with Gasteiger partial charge in [-0.05, 0) is 29.8 Å². The molecule has 1 heterocycles. The summed E-state index contributed by atoms with van der Waals surface area (Å²) in [5.74, 6) is -0.935. The lowest BCUT2D eigenvalue weighted by Crippen LogP contribution is -2.11. The standard InChI is InChI=1S/C16H11FO3/c17-12-6-7-13-11(8-12)9-14(20-13)16(19)15(18)10-4-2-1-3-5-10/h1-9,15,18H. The van der Waals surface area contributed by atoms with Crippen LogP contribution in [-0.4, -0.2) is 10.9 Å². The largest absolute Gasteiger partial charge is 0.453 e. The van der Waals surface area contributed by atoms with E-state index in [0.717, 1.165) is 0 Å². The van der Waals surface area contributed by atoms with Gasteiger partial charge in [0.25, 0.3) is 0 Å². The SMILES string of the molecule is O=C(c1cc2cc(F)ccc2o1)C(O)c1ccccc1. The molecule has 3 rings (SSSR count). The van der Waals surface area contributed by atoms with Crippen LogP contribution in [0.1, 0.15) is 22.2 Å². The Bertz CT molecular complexity index is 762. The molecule has 1 aromatic heterocycles. The highest BCUT2D eigenvalue weighted by Crippen LogP contribution is 2.24. The summed E-state index contributed by atoms with van der Waals surface area (Å²) in [6.07, 6.45) is -1.29. The number of rotatable bonds is 3. The maximum Gasteiger partial charge on any atom is 0.230 e. The van der Waals surface area contributed by atoms with Crippen LogP contribution in [0.15, 0.2) is 59.0 Å².